The highest BCUT2D eigenvalue weighted by Gasteiger charge is 2.34. The van der Waals surface area contributed by atoms with Crippen molar-refractivity contribution < 1.29 is 14.3 Å². The first kappa shape index (κ1) is 21.2. The van der Waals surface area contributed by atoms with Crippen LogP contribution in [0.2, 0.25) is 0 Å². The molecule has 0 saturated carbocycles. The van der Waals surface area contributed by atoms with E-state index in [4.69, 9.17) is 21.7 Å². The van der Waals surface area contributed by atoms with Gasteiger partial charge in [0.1, 0.15) is 16.7 Å². The molecule has 4 nitrogen and oxygen atoms in total. The first-order chi connectivity index (χ1) is 15.7. The molecule has 1 amide bonds. The molecule has 2 saturated heterocycles. The van der Waals surface area contributed by atoms with Crippen LogP contribution in [0.3, 0.4) is 0 Å². The Balaban J connectivity index is 1.24. The van der Waals surface area contributed by atoms with Crippen LogP contribution in [0.5, 0.6) is 5.75 Å². The number of hydrogen-bond acceptors (Lipinski definition) is 5. The summed E-state index contributed by atoms with van der Waals surface area (Å²) in [5, 5.41) is 2.41. The smallest absolute Gasteiger partial charge is 0.266 e. The maximum absolute atomic E-state index is 12.8. The van der Waals surface area contributed by atoms with Crippen molar-refractivity contribution in [1.82, 2.24) is 4.90 Å². The zero-order chi connectivity index (χ0) is 21.9. The Morgan fingerprint density at radius 1 is 1.09 bits per heavy atom. The lowest BCUT2D eigenvalue weighted by Gasteiger charge is -2.18. The van der Waals surface area contributed by atoms with Crippen molar-refractivity contribution >= 4 is 51.1 Å². The topological polar surface area (TPSA) is 38.8 Å². The van der Waals surface area contributed by atoms with Crippen molar-refractivity contribution in [2.45, 2.75) is 25.6 Å². The van der Waals surface area contributed by atoms with Crippen molar-refractivity contribution in [3.63, 3.8) is 0 Å². The zero-order valence-electron chi connectivity index (χ0n) is 17.5. The minimum Gasteiger partial charge on any atom is -0.489 e. The summed E-state index contributed by atoms with van der Waals surface area (Å²) in [5.41, 5.74) is 2.10. The number of ether oxygens (including phenoxy) is 2. The number of carbonyl (C=O) groups is 1. The average molecular weight is 462 g/mol. The Kier molecular flexibility index (Phi) is 6.26. The molecule has 0 bridgehead atoms. The van der Waals surface area contributed by atoms with Gasteiger partial charge in [0.05, 0.1) is 17.6 Å². The summed E-state index contributed by atoms with van der Waals surface area (Å²) in [6, 6.07) is 22.4. The standard InChI is InChI=1S/C26H23NO3S2/c28-25-24(32-26(31)27(25)16-22-8-4-14-29-22)15-18-10-12-21(13-11-18)30-17-20-7-3-6-19-5-1-2-9-23(19)20/h1-3,5-7,9-13,15,22H,4,8,14,16-17H2/b24-15-/t22-/m0/s1. The molecule has 1 atom stereocenters. The summed E-state index contributed by atoms with van der Waals surface area (Å²) in [7, 11) is 0. The lowest BCUT2D eigenvalue weighted by Crippen LogP contribution is -2.35. The van der Waals surface area contributed by atoms with Crippen LogP contribution in [0.25, 0.3) is 16.8 Å². The van der Waals surface area contributed by atoms with E-state index in [1.54, 1.807) is 4.90 Å². The van der Waals surface area contributed by atoms with Gasteiger partial charge in [0.25, 0.3) is 5.91 Å². The van der Waals surface area contributed by atoms with E-state index in [0.29, 0.717) is 22.4 Å². The third kappa shape index (κ3) is 4.58. The number of rotatable bonds is 6. The quantitative estimate of drug-likeness (QED) is 0.343. The van der Waals surface area contributed by atoms with Crippen molar-refractivity contribution in [2.24, 2.45) is 0 Å². The van der Waals surface area contributed by atoms with Gasteiger partial charge in [-0.1, -0.05) is 78.6 Å². The largest absolute Gasteiger partial charge is 0.489 e. The SMILES string of the molecule is O=C1/C(=C/c2ccc(OCc3cccc4ccccc34)cc2)SC(=S)N1C[C@@H]1CCCO1. The molecular weight excluding hydrogens is 438 g/mol. The number of thiocarbonyl (C=S) groups is 1. The number of thioether (sulfide) groups is 1. The lowest BCUT2D eigenvalue weighted by molar-refractivity contribution is -0.123. The molecule has 2 heterocycles. The summed E-state index contributed by atoms with van der Waals surface area (Å²) in [6.45, 7) is 1.82. The van der Waals surface area contributed by atoms with Gasteiger partial charge in [0.15, 0.2) is 0 Å². The van der Waals surface area contributed by atoms with E-state index in [0.717, 1.165) is 36.3 Å². The minimum absolute atomic E-state index is 0.0354. The van der Waals surface area contributed by atoms with Crippen molar-refractivity contribution in [1.29, 1.82) is 0 Å². The minimum atomic E-state index is -0.0354. The summed E-state index contributed by atoms with van der Waals surface area (Å²) >= 11 is 6.79. The second-order valence-corrected chi connectivity index (χ2v) is 9.60. The predicted octanol–water partition coefficient (Wildman–Crippen LogP) is 5.80. The van der Waals surface area contributed by atoms with Crippen LogP contribution in [0.1, 0.15) is 24.0 Å². The molecule has 2 aliphatic heterocycles. The molecule has 6 heteroatoms. The summed E-state index contributed by atoms with van der Waals surface area (Å²) in [5.74, 6) is 0.757. The van der Waals surface area contributed by atoms with Gasteiger partial charge in [-0.2, -0.15) is 0 Å². The van der Waals surface area contributed by atoms with Gasteiger partial charge in [0.2, 0.25) is 0 Å². The lowest BCUT2D eigenvalue weighted by atomic mass is 10.1. The normalized spacial score (nSPS) is 19.9. The van der Waals surface area contributed by atoms with E-state index >= 15 is 0 Å². The third-order valence-electron chi connectivity index (χ3n) is 5.74. The van der Waals surface area contributed by atoms with Crippen LogP contribution in [-0.2, 0) is 16.1 Å². The molecule has 32 heavy (non-hydrogen) atoms. The van der Waals surface area contributed by atoms with E-state index in [2.05, 4.69) is 30.3 Å². The first-order valence-corrected chi connectivity index (χ1v) is 12.0. The van der Waals surface area contributed by atoms with Crippen LogP contribution in [0.15, 0.2) is 71.6 Å². The second kappa shape index (κ2) is 9.45. The fraction of sp³-hybridized carbons (Fsp3) is 0.231. The van der Waals surface area contributed by atoms with Gasteiger partial charge < -0.3 is 9.47 Å². The third-order valence-corrected chi connectivity index (χ3v) is 7.11. The summed E-state index contributed by atoms with van der Waals surface area (Å²) in [4.78, 5) is 15.1. The molecule has 162 valence electrons. The van der Waals surface area contributed by atoms with Crippen molar-refractivity contribution in [3.05, 3.63) is 82.8 Å². The second-order valence-electron chi connectivity index (χ2n) is 7.92. The Morgan fingerprint density at radius 3 is 2.72 bits per heavy atom. The van der Waals surface area contributed by atoms with E-state index in [1.165, 1.54) is 22.5 Å². The van der Waals surface area contributed by atoms with Crippen LogP contribution in [0.4, 0.5) is 0 Å². The van der Waals surface area contributed by atoms with Crippen LogP contribution in [-0.4, -0.2) is 34.4 Å². The highest BCUT2D eigenvalue weighted by molar-refractivity contribution is 8.26. The Labute approximate surface area is 197 Å². The fourth-order valence-electron chi connectivity index (χ4n) is 4.04. The van der Waals surface area contributed by atoms with Gasteiger partial charge in [-0.05, 0) is 52.9 Å². The van der Waals surface area contributed by atoms with Gasteiger partial charge >= 0.3 is 0 Å². The van der Waals surface area contributed by atoms with Gasteiger partial charge in [-0.15, -0.1) is 0 Å². The molecule has 2 aliphatic rings. The number of hydrogen-bond donors (Lipinski definition) is 0. The van der Waals surface area contributed by atoms with Crippen LogP contribution >= 0.6 is 24.0 Å². The molecule has 0 unspecified atom stereocenters. The van der Waals surface area contributed by atoms with Crippen LogP contribution in [0, 0.1) is 0 Å². The van der Waals surface area contributed by atoms with Crippen LogP contribution < -0.4 is 4.74 Å². The average Bonchev–Trinajstić information content (AvgIpc) is 3.43. The highest BCUT2D eigenvalue weighted by Crippen LogP contribution is 2.33. The Morgan fingerprint density at radius 2 is 1.91 bits per heavy atom. The van der Waals surface area contributed by atoms with Gasteiger partial charge in [-0.25, -0.2) is 0 Å². The van der Waals surface area contributed by atoms with E-state index < -0.39 is 0 Å². The van der Waals surface area contributed by atoms with E-state index in [1.807, 2.05) is 42.5 Å². The monoisotopic (exact) mass is 461 g/mol. The number of carbonyl (C=O) groups excluding carboxylic acids is 1. The zero-order valence-corrected chi connectivity index (χ0v) is 19.2. The number of nitrogens with zero attached hydrogens (tertiary/aromatic N) is 1. The first-order valence-electron chi connectivity index (χ1n) is 10.7. The van der Waals surface area contributed by atoms with Gasteiger partial charge in [0, 0.05) is 6.61 Å². The molecule has 3 aromatic rings. The molecule has 0 aromatic heterocycles. The highest BCUT2D eigenvalue weighted by atomic mass is 32.2. The maximum Gasteiger partial charge on any atom is 0.266 e. The molecule has 0 radical (unpaired) electrons. The molecular formula is C26H23NO3S2. The molecule has 0 aliphatic carbocycles. The fourth-order valence-corrected chi connectivity index (χ4v) is 5.32. The van der Waals surface area contributed by atoms with E-state index in [9.17, 15) is 4.79 Å². The summed E-state index contributed by atoms with van der Waals surface area (Å²) in [6.07, 6.45) is 4.01. The summed E-state index contributed by atoms with van der Waals surface area (Å²) < 4.78 is 12.3. The maximum atomic E-state index is 12.8. The van der Waals surface area contributed by atoms with Crippen molar-refractivity contribution in [3.8, 4) is 5.75 Å². The number of benzene rings is 3. The van der Waals surface area contributed by atoms with Gasteiger partial charge in [-0.3, -0.25) is 9.69 Å². The number of fused-ring (bicyclic) bond motifs is 1. The van der Waals surface area contributed by atoms with Crippen molar-refractivity contribution in [2.75, 3.05) is 13.2 Å². The molecule has 5 rings (SSSR count). The molecule has 2 fully saturated rings. The Hall–Kier alpha value is -2.67. The van der Waals surface area contributed by atoms with E-state index in [-0.39, 0.29) is 12.0 Å². The molecule has 0 spiro atoms. The molecule has 3 aromatic carbocycles. The molecule has 0 N–H and O–H groups in total. The predicted molar refractivity (Wildman–Crippen MR) is 134 cm³/mol. The Bertz CT molecular complexity index is 1180. The number of amides is 1.